The van der Waals surface area contributed by atoms with Crippen LogP contribution in [0.25, 0.3) is 10.2 Å². The molecule has 0 aliphatic carbocycles. The van der Waals surface area contributed by atoms with Crippen molar-refractivity contribution in [3.05, 3.63) is 52.0 Å². The molecule has 1 amide bonds. The quantitative estimate of drug-likeness (QED) is 0.673. The van der Waals surface area contributed by atoms with E-state index in [1.165, 1.54) is 30.4 Å². The topological polar surface area (TPSA) is 76.1 Å². The van der Waals surface area contributed by atoms with Gasteiger partial charge in [0.05, 0.1) is 31.0 Å². The van der Waals surface area contributed by atoms with E-state index in [0.717, 1.165) is 4.70 Å². The van der Waals surface area contributed by atoms with Crippen LogP contribution in [0, 0.1) is 0 Å². The fourth-order valence-electron chi connectivity index (χ4n) is 2.24. The fraction of sp³-hybridized carbons (Fsp3) is 0.125. The summed E-state index contributed by atoms with van der Waals surface area (Å²) in [4.78, 5) is 16.8. The minimum atomic E-state index is -3.52. The van der Waals surface area contributed by atoms with Gasteiger partial charge in [-0.05, 0) is 24.3 Å². The number of anilines is 1. The Kier molecular flexibility index (Phi) is 5.02. The fourth-order valence-corrected chi connectivity index (χ4v) is 4.61. The summed E-state index contributed by atoms with van der Waals surface area (Å²) in [6.45, 7) is 1.53. The van der Waals surface area contributed by atoms with Gasteiger partial charge in [-0.2, -0.15) is 0 Å². The molecule has 0 atom stereocenters. The highest BCUT2D eigenvalue weighted by atomic mass is 35.5. The Morgan fingerprint density at radius 3 is 2.64 bits per heavy atom. The van der Waals surface area contributed by atoms with E-state index in [1.54, 1.807) is 24.3 Å². The van der Waals surface area contributed by atoms with Crippen molar-refractivity contribution in [2.75, 3.05) is 11.1 Å². The lowest BCUT2D eigenvalue weighted by Gasteiger charge is -2.08. The Balaban J connectivity index is 1.98. The summed E-state index contributed by atoms with van der Waals surface area (Å²) in [6.07, 6.45) is 0. The lowest BCUT2D eigenvalue weighted by atomic mass is 10.2. The Bertz CT molecular complexity index is 1080. The van der Waals surface area contributed by atoms with Gasteiger partial charge in [-0.25, -0.2) is 13.4 Å². The van der Waals surface area contributed by atoms with E-state index < -0.39 is 15.7 Å². The number of sulfone groups is 1. The first-order valence-electron chi connectivity index (χ1n) is 7.21. The molecule has 0 fully saturated rings. The number of aromatic nitrogens is 1. The maximum absolute atomic E-state index is 12.6. The van der Waals surface area contributed by atoms with Gasteiger partial charge in [0.2, 0.25) is 0 Å². The van der Waals surface area contributed by atoms with E-state index in [4.69, 9.17) is 23.2 Å². The number of fused-ring (bicyclic) bond motifs is 1. The maximum atomic E-state index is 12.6. The molecule has 0 spiro atoms. The predicted octanol–water partition coefficient (Wildman–Crippen LogP) is 4.65. The van der Waals surface area contributed by atoms with Crippen LogP contribution in [-0.2, 0) is 9.84 Å². The lowest BCUT2D eigenvalue weighted by molar-refractivity contribution is 0.102. The van der Waals surface area contributed by atoms with E-state index in [9.17, 15) is 13.2 Å². The molecule has 0 saturated heterocycles. The highest BCUT2D eigenvalue weighted by Crippen LogP contribution is 2.35. The number of hydrogen-bond acceptors (Lipinski definition) is 5. The normalized spacial score (nSPS) is 11.6. The number of thiazole rings is 1. The maximum Gasteiger partial charge on any atom is 0.258 e. The summed E-state index contributed by atoms with van der Waals surface area (Å²) >= 11 is 13.3. The second kappa shape index (κ2) is 6.92. The molecule has 0 unspecified atom stereocenters. The minimum absolute atomic E-state index is 0.00260. The third kappa shape index (κ3) is 3.50. The summed E-state index contributed by atoms with van der Waals surface area (Å²) in [5.41, 5.74) is 0.566. The molecule has 1 heterocycles. The molecule has 0 radical (unpaired) electrons. The van der Waals surface area contributed by atoms with Crippen molar-refractivity contribution in [3.8, 4) is 0 Å². The molecule has 0 aliphatic heterocycles. The number of hydrogen-bond donors (Lipinski definition) is 1. The van der Waals surface area contributed by atoms with Gasteiger partial charge in [-0.1, -0.05) is 53.6 Å². The van der Waals surface area contributed by atoms with Crippen LogP contribution in [0.1, 0.15) is 17.3 Å². The van der Waals surface area contributed by atoms with E-state index in [1.807, 2.05) is 0 Å². The van der Waals surface area contributed by atoms with E-state index in [-0.39, 0.29) is 16.2 Å². The van der Waals surface area contributed by atoms with Crippen LogP contribution in [0.2, 0.25) is 10.0 Å². The van der Waals surface area contributed by atoms with Gasteiger partial charge in [-0.15, -0.1) is 0 Å². The Morgan fingerprint density at radius 2 is 1.92 bits per heavy atom. The number of amides is 1. The molecule has 130 valence electrons. The number of halogens is 2. The van der Waals surface area contributed by atoms with Crippen molar-refractivity contribution in [1.82, 2.24) is 4.98 Å². The monoisotopic (exact) mass is 414 g/mol. The van der Waals surface area contributed by atoms with Gasteiger partial charge in [0.1, 0.15) is 5.52 Å². The molecule has 1 N–H and O–H groups in total. The van der Waals surface area contributed by atoms with Crippen LogP contribution in [0.3, 0.4) is 0 Å². The van der Waals surface area contributed by atoms with Gasteiger partial charge >= 0.3 is 0 Å². The molecular formula is C16H12Cl2N2O3S2. The van der Waals surface area contributed by atoms with E-state index in [2.05, 4.69) is 10.3 Å². The first kappa shape index (κ1) is 18.1. The van der Waals surface area contributed by atoms with Crippen LogP contribution < -0.4 is 5.32 Å². The van der Waals surface area contributed by atoms with Crippen LogP contribution >= 0.6 is 34.5 Å². The van der Waals surface area contributed by atoms with Gasteiger partial charge in [0.25, 0.3) is 5.91 Å². The summed E-state index contributed by atoms with van der Waals surface area (Å²) < 4.78 is 25.1. The molecule has 3 aromatic rings. The SMILES string of the molecule is CCS(=O)(=O)c1ccccc1C(=O)Nc1nc2c(Cl)c(Cl)ccc2s1. The van der Waals surface area contributed by atoms with Gasteiger partial charge in [0.15, 0.2) is 15.0 Å². The second-order valence-corrected chi connectivity index (χ2v) is 9.14. The number of nitrogens with one attached hydrogen (secondary N) is 1. The summed E-state index contributed by atoms with van der Waals surface area (Å²) in [6, 6.07) is 9.49. The highest BCUT2D eigenvalue weighted by Gasteiger charge is 2.21. The molecular weight excluding hydrogens is 403 g/mol. The molecule has 5 nitrogen and oxygen atoms in total. The first-order chi connectivity index (χ1) is 11.8. The Morgan fingerprint density at radius 1 is 1.20 bits per heavy atom. The molecule has 3 rings (SSSR count). The zero-order valence-corrected chi connectivity index (χ0v) is 16.1. The van der Waals surface area contributed by atoms with Gasteiger partial charge in [-0.3, -0.25) is 10.1 Å². The molecule has 2 aromatic carbocycles. The molecule has 0 bridgehead atoms. The van der Waals surface area contributed by atoms with Crippen LogP contribution in [0.5, 0.6) is 0 Å². The third-order valence-corrected chi connectivity index (χ3v) is 7.04. The number of nitrogens with zero attached hydrogens (tertiary/aromatic N) is 1. The number of carbonyl (C=O) groups is 1. The van der Waals surface area contributed by atoms with Crippen molar-refractivity contribution < 1.29 is 13.2 Å². The van der Waals surface area contributed by atoms with E-state index >= 15 is 0 Å². The van der Waals surface area contributed by atoms with E-state index in [0.29, 0.717) is 20.7 Å². The first-order valence-corrected chi connectivity index (χ1v) is 10.4. The average Bonchev–Trinajstić information content (AvgIpc) is 3.01. The van der Waals surface area contributed by atoms with Crippen molar-refractivity contribution >= 4 is 65.6 Å². The zero-order chi connectivity index (χ0) is 18.2. The zero-order valence-electron chi connectivity index (χ0n) is 12.9. The molecule has 9 heteroatoms. The van der Waals surface area contributed by atoms with Gasteiger partial charge in [0, 0.05) is 0 Å². The lowest BCUT2D eigenvalue weighted by Crippen LogP contribution is -2.17. The second-order valence-electron chi connectivity index (χ2n) is 5.08. The molecule has 0 saturated carbocycles. The van der Waals surface area contributed by atoms with Crippen molar-refractivity contribution in [2.45, 2.75) is 11.8 Å². The van der Waals surface area contributed by atoms with Crippen molar-refractivity contribution in [3.63, 3.8) is 0 Å². The number of carbonyl (C=O) groups excluding carboxylic acids is 1. The predicted molar refractivity (Wildman–Crippen MR) is 102 cm³/mol. The average molecular weight is 415 g/mol. The molecule has 0 aliphatic rings. The minimum Gasteiger partial charge on any atom is -0.298 e. The van der Waals surface area contributed by atoms with Crippen LogP contribution in [0.4, 0.5) is 5.13 Å². The smallest absolute Gasteiger partial charge is 0.258 e. The van der Waals surface area contributed by atoms with Gasteiger partial charge < -0.3 is 0 Å². The summed E-state index contributed by atoms with van der Waals surface area (Å²) in [5, 5.41) is 3.63. The van der Waals surface area contributed by atoms with Crippen LogP contribution in [-0.4, -0.2) is 25.1 Å². The summed E-state index contributed by atoms with van der Waals surface area (Å²) in [7, 11) is -3.52. The highest BCUT2D eigenvalue weighted by molar-refractivity contribution is 7.91. The Hall–Kier alpha value is -1.67. The Labute approximate surface area is 158 Å². The number of rotatable bonds is 4. The summed E-state index contributed by atoms with van der Waals surface area (Å²) in [5.74, 6) is -0.638. The molecule has 1 aromatic heterocycles. The number of benzene rings is 2. The van der Waals surface area contributed by atoms with Crippen molar-refractivity contribution in [2.24, 2.45) is 0 Å². The van der Waals surface area contributed by atoms with Crippen molar-refractivity contribution in [1.29, 1.82) is 0 Å². The largest absolute Gasteiger partial charge is 0.298 e. The standard InChI is InChI=1S/C16H12Cl2N2O3S2/c1-2-25(22,23)12-6-4-3-5-9(12)15(21)20-16-19-14-11(24-16)8-7-10(17)13(14)18/h3-8H,2H2,1H3,(H,19,20,21). The molecule has 25 heavy (non-hydrogen) atoms. The third-order valence-electron chi connectivity index (χ3n) is 3.52. The van der Waals surface area contributed by atoms with Crippen LogP contribution in [0.15, 0.2) is 41.3 Å².